The molecule has 1 aliphatic rings. The van der Waals surface area contributed by atoms with Gasteiger partial charge in [-0.3, -0.25) is 4.79 Å². The van der Waals surface area contributed by atoms with Crippen molar-refractivity contribution in [3.05, 3.63) is 64.4 Å². The van der Waals surface area contributed by atoms with Gasteiger partial charge in [-0.25, -0.2) is 4.39 Å². The molecule has 126 valence electrons. The summed E-state index contributed by atoms with van der Waals surface area (Å²) >= 11 is 6.00. The van der Waals surface area contributed by atoms with Crippen LogP contribution >= 0.6 is 11.6 Å². The Labute approximate surface area is 145 Å². The van der Waals surface area contributed by atoms with Crippen molar-refractivity contribution in [2.75, 3.05) is 7.11 Å². The van der Waals surface area contributed by atoms with E-state index < -0.39 is 5.82 Å². The second-order valence-electron chi connectivity index (χ2n) is 6.03. The van der Waals surface area contributed by atoms with Crippen molar-refractivity contribution >= 4 is 17.5 Å². The lowest BCUT2D eigenvalue weighted by molar-refractivity contribution is -0.121. The predicted octanol–water partition coefficient (Wildman–Crippen LogP) is 4.30. The fourth-order valence-corrected chi connectivity index (χ4v) is 3.03. The lowest BCUT2D eigenvalue weighted by Crippen LogP contribution is -2.31. The molecule has 0 spiro atoms. The Morgan fingerprint density at radius 1 is 1.29 bits per heavy atom. The van der Waals surface area contributed by atoms with E-state index in [1.54, 1.807) is 13.2 Å². The summed E-state index contributed by atoms with van der Waals surface area (Å²) in [6.07, 6.45) is 2.10. The van der Waals surface area contributed by atoms with Crippen molar-refractivity contribution < 1.29 is 13.9 Å². The van der Waals surface area contributed by atoms with Gasteiger partial charge in [-0.05, 0) is 48.6 Å². The molecule has 0 aliphatic heterocycles. The maximum atomic E-state index is 13.8. The van der Waals surface area contributed by atoms with Crippen LogP contribution in [0.4, 0.5) is 4.39 Å². The summed E-state index contributed by atoms with van der Waals surface area (Å²) in [6, 6.07) is 12.1. The molecule has 1 N–H and O–H groups in total. The summed E-state index contributed by atoms with van der Waals surface area (Å²) in [5.41, 5.74) is 1.27. The Bertz CT molecular complexity index is 708. The van der Waals surface area contributed by atoms with Crippen molar-refractivity contribution in [3.8, 4) is 5.75 Å². The Morgan fingerprint density at radius 3 is 2.58 bits per heavy atom. The first kappa shape index (κ1) is 16.8. The van der Waals surface area contributed by atoms with Gasteiger partial charge in [0.25, 0.3) is 0 Å². The van der Waals surface area contributed by atoms with E-state index >= 15 is 0 Å². The minimum atomic E-state index is -0.454. The van der Waals surface area contributed by atoms with Crippen LogP contribution in [0.15, 0.2) is 42.5 Å². The first-order valence-corrected chi connectivity index (χ1v) is 8.32. The molecule has 5 heteroatoms. The second kappa shape index (κ2) is 7.22. The van der Waals surface area contributed by atoms with E-state index in [-0.39, 0.29) is 29.0 Å². The molecule has 2 aromatic rings. The first-order valence-electron chi connectivity index (χ1n) is 7.94. The van der Waals surface area contributed by atoms with Gasteiger partial charge in [-0.15, -0.1) is 0 Å². The van der Waals surface area contributed by atoms with E-state index in [1.807, 2.05) is 24.3 Å². The molecule has 0 bridgehead atoms. The van der Waals surface area contributed by atoms with Gasteiger partial charge in [-0.1, -0.05) is 29.8 Å². The van der Waals surface area contributed by atoms with Crippen molar-refractivity contribution in [1.29, 1.82) is 0 Å². The number of rotatable bonds is 6. The number of nitrogens with one attached hydrogen (secondary N) is 1. The van der Waals surface area contributed by atoms with Gasteiger partial charge >= 0.3 is 0 Å². The molecule has 0 radical (unpaired) electrons. The number of carbonyl (C=O) groups is 1. The van der Waals surface area contributed by atoms with Crippen LogP contribution in [0.25, 0.3) is 0 Å². The van der Waals surface area contributed by atoms with Crippen LogP contribution in [0.3, 0.4) is 0 Å². The smallest absolute Gasteiger partial charge is 0.225 e. The van der Waals surface area contributed by atoms with Crippen LogP contribution in [-0.2, 0) is 11.2 Å². The second-order valence-corrected chi connectivity index (χ2v) is 6.44. The number of halogens is 2. The predicted molar refractivity (Wildman–Crippen MR) is 91.7 cm³/mol. The number of benzene rings is 2. The molecule has 24 heavy (non-hydrogen) atoms. The molecule has 3 rings (SSSR count). The van der Waals surface area contributed by atoms with E-state index in [2.05, 4.69) is 5.32 Å². The number of hydrogen-bond acceptors (Lipinski definition) is 2. The average molecular weight is 348 g/mol. The fraction of sp³-hybridized carbons (Fsp3) is 0.316. The van der Waals surface area contributed by atoms with Gasteiger partial charge in [0.15, 0.2) is 0 Å². The molecule has 1 fully saturated rings. The highest BCUT2D eigenvalue weighted by Gasteiger charge is 2.33. The van der Waals surface area contributed by atoms with Gasteiger partial charge in [-0.2, -0.15) is 0 Å². The minimum Gasteiger partial charge on any atom is -0.497 e. The van der Waals surface area contributed by atoms with Crippen LogP contribution in [-0.4, -0.2) is 13.0 Å². The monoisotopic (exact) mass is 347 g/mol. The third-order valence-electron chi connectivity index (χ3n) is 4.28. The molecule has 1 saturated carbocycles. The summed E-state index contributed by atoms with van der Waals surface area (Å²) in [5.74, 6) is 0.524. The van der Waals surface area contributed by atoms with E-state index in [1.165, 1.54) is 12.1 Å². The summed E-state index contributed by atoms with van der Waals surface area (Å²) in [6.45, 7) is 0. The highest BCUT2D eigenvalue weighted by molar-refractivity contribution is 6.31. The Kier molecular flexibility index (Phi) is 5.05. The van der Waals surface area contributed by atoms with Gasteiger partial charge < -0.3 is 10.1 Å². The number of amides is 1. The highest BCUT2D eigenvalue weighted by Crippen LogP contribution is 2.41. The number of ether oxygens (including phenoxy) is 1. The fourth-order valence-electron chi connectivity index (χ4n) is 2.80. The van der Waals surface area contributed by atoms with E-state index in [0.29, 0.717) is 5.92 Å². The Morgan fingerprint density at radius 2 is 2.00 bits per heavy atom. The van der Waals surface area contributed by atoms with Gasteiger partial charge in [0, 0.05) is 10.6 Å². The maximum Gasteiger partial charge on any atom is 0.225 e. The standard InChI is InChI=1S/C19H19ClFNO2/c1-24-14-9-7-13(8-10-14)19(12-5-6-12)22-18(23)11-15-16(20)3-2-4-17(15)21/h2-4,7-10,12,19H,5-6,11H2,1H3,(H,22,23). The lowest BCUT2D eigenvalue weighted by Gasteiger charge is -2.19. The molecular formula is C19H19ClFNO2. The normalized spacial score (nSPS) is 15.0. The molecule has 2 aromatic carbocycles. The zero-order valence-electron chi connectivity index (χ0n) is 13.4. The zero-order valence-corrected chi connectivity index (χ0v) is 14.1. The minimum absolute atomic E-state index is 0.0612. The molecule has 1 amide bonds. The molecule has 1 aliphatic carbocycles. The quantitative estimate of drug-likeness (QED) is 0.846. The molecule has 1 atom stereocenters. The third kappa shape index (κ3) is 3.88. The summed E-state index contributed by atoms with van der Waals surface area (Å²) in [5, 5.41) is 3.31. The summed E-state index contributed by atoms with van der Waals surface area (Å²) < 4.78 is 19.0. The van der Waals surface area contributed by atoms with E-state index in [9.17, 15) is 9.18 Å². The van der Waals surface area contributed by atoms with Gasteiger partial charge in [0.2, 0.25) is 5.91 Å². The molecule has 3 nitrogen and oxygen atoms in total. The van der Waals surface area contributed by atoms with Crippen molar-refractivity contribution in [3.63, 3.8) is 0 Å². The van der Waals surface area contributed by atoms with Gasteiger partial charge in [0.05, 0.1) is 19.6 Å². The number of carbonyl (C=O) groups excluding carboxylic acids is 1. The van der Waals surface area contributed by atoms with E-state index in [4.69, 9.17) is 16.3 Å². The average Bonchev–Trinajstić information content (AvgIpc) is 3.41. The maximum absolute atomic E-state index is 13.8. The summed E-state index contributed by atoms with van der Waals surface area (Å²) in [4.78, 5) is 12.4. The van der Waals surface area contributed by atoms with Crippen molar-refractivity contribution in [2.24, 2.45) is 5.92 Å². The Hall–Kier alpha value is -2.07. The zero-order chi connectivity index (χ0) is 17.1. The van der Waals surface area contributed by atoms with Crippen LogP contribution in [0.5, 0.6) is 5.75 Å². The molecule has 0 saturated heterocycles. The lowest BCUT2D eigenvalue weighted by atomic mass is 10.0. The Balaban J connectivity index is 1.72. The first-order chi connectivity index (χ1) is 11.6. The molecular weight excluding hydrogens is 329 g/mol. The third-order valence-corrected chi connectivity index (χ3v) is 4.64. The van der Waals surface area contributed by atoms with Crippen LogP contribution < -0.4 is 10.1 Å². The van der Waals surface area contributed by atoms with Crippen LogP contribution in [0, 0.1) is 11.7 Å². The summed E-state index contributed by atoms with van der Waals surface area (Å²) in [7, 11) is 1.62. The van der Waals surface area contributed by atoms with Gasteiger partial charge in [0.1, 0.15) is 11.6 Å². The molecule has 1 unspecified atom stereocenters. The van der Waals surface area contributed by atoms with Crippen LogP contribution in [0.2, 0.25) is 5.02 Å². The molecule has 0 aromatic heterocycles. The SMILES string of the molecule is COc1ccc(C(NC(=O)Cc2c(F)cccc2Cl)C2CC2)cc1. The van der Waals surface area contributed by atoms with Crippen molar-refractivity contribution in [2.45, 2.75) is 25.3 Å². The van der Waals surface area contributed by atoms with Crippen LogP contribution in [0.1, 0.15) is 30.0 Å². The van der Waals surface area contributed by atoms with E-state index in [0.717, 1.165) is 24.2 Å². The topological polar surface area (TPSA) is 38.3 Å². The number of hydrogen-bond donors (Lipinski definition) is 1. The van der Waals surface area contributed by atoms with Crippen molar-refractivity contribution in [1.82, 2.24) is 5.32 Å². The number of methoxy groups -OCH3 is 1. The highest BCUT2D eigenvalue weighted by atomic mass is 35.5. The largest absolute Gasteiger partial charge is 0.497 e. The molecule has 0 heterocycles.